The average molecular weight is 444 g/mol. The summed E-state index contributed by atoms with van der Waals surface area (Å²) in [6.07, 6.45) is 4.49. The maximum Gasteiger partial charge on any atom is 0.293 e. The Morgan fingerprint density at radius 1 is 1.26 bits per heavy atom. The summed E-state index contributed by atoms with van der Waals surface area (Å²) in [4.78, 5) is 34.1. The van der Waals surface area contributed by atoms with E-state index in [9.17, 15) is 14.9 Å². The van der Waals surface area contributed by atoms with Crippen LogP contribution in [0.5, 0.6) is 0 Å². The van der Waals surface area contributed by atoms with Gasteiger partial charge in [-0.2, -0.15) is 0 Å². The highest BCUT2D eigenvalue weighted by Crippen LogP contribution is 2.32. The first-order chi connectivity index (χ1) is 14.9. The lowest BCUT2D eigenvalue weighted by molar-refractivity contribution is -0.384. The zero-order chi connectivity index (χ0) is 22.0. The minimum absolute atomic E-state index is 0.0233. The highest BCUT2D eigenvalue weighted by atomic mass is 32.1. The topological polar surface area (TPSA) is 91.6 Å². The van der Waals surface area contributed by atoms with Crippen molar-refractivity contribution in [3.05, 3.63) is 44.4 Å². The Labute approximate surface area is 186 Å². The van der Waals surface area contributed by atoms with Gasteiger partial charge in [0.2, 0.25) is 0 Å². The van der Waals surface area contributed by atoms with Crippen molar-refractivity contribution in [2.45, 2.75) is 46.1 Å². The normalized spacial score (nSPS) is 17.8. The molecular formula is C22H29N5O3S. The van der Waals surface area contributed by atoms with Crippen LogP contribution in [-0.2, 0) is 6.54 Å². The first-order valence-corrected chi connectivity index (χ1v) is 11.8. The summed E-state index contributed by atoms with van der Waals surface area (Å²) in [6, 6.07) is 4.72. The van der Waals surface area contributed by atoms with Gasteiger partial charge >= 0.3 is 0 Å². The number of carbonyl (C=O) groups is 1. The molecule has 2 aromatic rings. The van der Waals surface area contributed by atoms with Crippen molar-refractivity contribution >= 4 is 33.8 Å². The van der Waals surface area contributed by atoms with Crippen molar-refractivity contribution in [3.63, 3.8) is 0 Å². The van der Waals surface area contributed by atoms with Gasteiger partial charge in [0.15, 0.2) is 5.13 Å². The molecule has 31 heavy (non-hydrogen) atoms. The van der Waals surface area contributed by atoms with E-state index in [1.54, 1.807) is 12.1 Å². The Morgan fingerprint density at radius 2 is 1.97 bits per heavy atom. The van der Waals surface area contributed by atoms with E-state index in [1.165, 1.54) is 30.2 Å². The average Bonchev–Trinajstić information content (AvgIpc) is 3.39. The Bertz CT molecular complexity index is 962. The van der Waals surface area contributed by atoms with E-state index in [-0.39, 0.29) is 17.2 Å². The number of rotatable bonds is 6. The number of benzene rings is 1. The van der Waals surface area contributed by atoms with Crippen molar-refractivity contribution in [3.8, 4) is 0 Å². The Kier molecular flexibility index (Phi) is 6.52. The second-order valence-electron chi connectivity index (χ2n) is 8.60. The summed E-state index contributed by atoms with van der Waals surface area (Å²) >= 11 is 1.48. The molecule has 0 bridgehead atoms. The van der Waals surface area contributed by atoms with Crippen molar-refractivity contribution in [2.24, 2.45) is 5.92 Å². The van der Waals surface area contributed by atoms with E-state index < -0.39 is 4.92 Å². The molecule has 0 unspecified atom stereocenters. The number of nitrogens with zero attached hydrogens (tertiary/aromatic N) is 4. The van der Waals surface area contributed by atoms with Crippen molar-refractivity contribution in [1.29, 1.82) is 0 Å². The molecule has 1 aromatic carbocycles. The number of hydrogen-bond acceptors (Lipinski definition) is 7. The molecule has 0 aliphatic carbocycles. The Balaban J connectivity index is 1.45. The summed E-state index contributed by atoms with van der Waals surface area (Å²) < 4.78 is 0. The molecule has 3 heterocycles. The molecule has 4 rings (SSSR count). The van der Waals surface area contributed by atoms with Gasteiger partial charge in [0.25, 0.3) is 11.6 Å². The molecule has 2 fully saturated rings. The molecule has 9 heteroatoms. The van der Waals surface area contributed by atoms with E-state index in [4.69, 9.17) is 0 Å². The van der Waals surface area contributed by atoms with Crippen molar-refractivity contribution in [2.75, 3.05) is 36.4 Å². The predicted molar refractivity (Wildman–Crippen MR) is 123 cm³/mol. The molecule has 2 aliphatic heterocycles. The van der Waals surface area contributed by atoms with Gasteiger partial charge in [-0.25, -0.2) is 4.98 Å². The summed E-state index contributed by atoms with van der Waals surface area (Å²) in [5, 5.41) is 15.0. The van der Waals surface area contributed by atoms with Crippen molar-refractivity contribution < 1.29 is 9.72 Å². The van der Waals surface area contributed by atoms with E-state index in [0.717, 1.165) is 62.1 Å². The van der Waals surface area contributed by atoms with Gasteiger partial charge in [-0.15, -0.1) is 11.3 Å². The molecule has 2 aliphatic rings. The van der Waals surface area contributed by atoms with Crippen LogP contribution in [0, 0.1) is 23.0 Å². The maximum absolute atomic E-state index is 12.8. The monoisotopic (exact) mass is 443 g/mol. The van der Waals surface area contributed by atoms with Crippen LogP contribution >= 0.6 is 11.3 Å². The number of nitro benzene ring substituents is 1. The molecule has 1 N–H and O–H groups in total. The number of aryl methyl sites for hydroxylation is 1. The predicted octanol–water partition coefficient (Wildman–Crippen LogP) is 4.44. The fraction of sp³-hybridized carbons (Fsp3) is 0.545. The van der Waals surface area contributed by atoms with Crippen LogP contribution in [0.4, 0.5) is 16.5 Å². The quantitative estimate of drug-likeness (QED) is 0.524. The van der Waals surface area contributed by atoms with Gasteiger partial charge in [0.05, 0.1) is 10.6 Å². The molecular weight excluding hydrogens is 414 g/mol. The highest BCUT2D eigenvalue weighted by molar-refractivity contribution is 7.15. The highest BCUT2D eigenvalue weighted by Gasteiger charge is 2.24. The summed E-state index contributed by atoms with van der Waals surface area (Å²) in [6.45, 7) is 8.91. The van der Waals surface area contributed by atoms with E-state index in [1.807, 2.05) is 11.8 Å². The van der Waals surface area contributed by atoms with Crippen LogP contribution in [-0.4, -0.2) is 46.9 Å². The SMILES string of the molecule is Cc1nc(NC(=O)c2ccc(N3CCCC3)c([N+](=O)[O-])c2)sc1CN1CCC(C)CC1. The van der Waals surface area contributed by atoms with Crippen LogP contribution in [0.3, 0.4) is 0 Å². The second-order valence-corrected chi connectivity index (χ2v) is 9.68. The van der Waals surface area contributed by atoms with Crippen LogP contribution < -0.4 is 10.2 Å². The number of hydrogen-bond donors (Lipinski definition) is 1. The fourth-order valence-corrected chi connectivity index (χ4v) is 5.26. The number of amides is 1. The van der Waals surface area contributed by atoms with E-state index >= 15 is 0 Å². The third kappa shape index (κ3) is 5.04. The number of piperidine rings is 1. The number of likely N-dealkylation sites (tertiary alicyclic amines) is 1. The summed E-state index contributed by atoms with van der Waals surface area (Å²) in [5.74, 6) is 0.415. The minimum atomic E-state index is -0.407. The first kappa shape index (κ1) is 21.7. The largest absolute Gasteiger partial charge is 0.366 e. The van der Waals surface area contributed by atoms with E-state index in [0.29, 0.717) is 10.8 Å². The van der Waals surface area contributed by atoms with Crippen LogP contribution in [0.1, 0.15) is 53.5 Å². The number of thiazole rings is 1. The van der Waals surface area contributed by atoms with Gasteiger partial charge in [0, 0.05) is 36.1 Å². The van der Waals surface area contributed by atoms with Gasteiger partial charge in [-0.3, -0.25) is 25.1 Å². The molecule has 166 valence electrons. The molecule has 0 spiro atoms. The minimum Gasteiger partial charge on any atom is -0.366 e. The molecule has 8 nitrogen and oxygen atoms in total. The summed E-state index contributed by atoms with van der Waals surface area (Å²) in [7, 11) is 0. The van der Waals surface area contributed by atoms with Gasteiger partial charge in [0.1, 0.15) is 5.69 Å². The number of nitro groups is 1. The standard InChI is InChI=1S/C22H29N5O3S/c1-15-7-11-25(12-8-15)14-20-16(2)23-22(31-20)24-21(28)17-5-6-18(19(13-17)27(29)30)26-9-3-4-10-26/h5-6,13,15H,3-4,7-12,14H2,1-2H3,(H,23,24,28). The zero-order valence-electron chi connectivity index (χ0n) is 18.1. The molecule has 2 saturated heterocycles. The first-order valence-electron chi connectivity index (χ1n) is 10.9. The molecule has 1 aromatic heterocycles. The number of nitrogens with one attached hydrogen (secondary N) is 1. The van der Waals surface area contributed by atoms with Crippen molar-refractivity contribution in [1.82, 2.24) is 9.88 Å². The third-order valence-electron chi connectivity index (χ3n) is 6.24. The second kappa shape index (κ2) is 9.32. The Morgan fingerprint density at radius 3 is 2.65 bits per heavy atom. The molecule has 0 radical (unpaired) electrons. The molecule has 1 amide bonds. The van der Waals surface area contributed by atoms with E-state index in [2.05, 4.69) is 22.1 Å². The third-order valence-corrected chi connectivity index (χ3v) is 7.30. The number of carbonyl (C=O) groups excluding carboxylic acids is 1. The van der Waals surface area contributed by atoms with Gasteiger partial charge in [-0.1, -0.05) is 6.92 Å². The van der Waals surface area contributed by atoms with Crippen LogP contribution in [0.2, 0.25) is 0 Å². The van der Waals surface area contributed by atoms with Crippen LogP contribution in [0.25, 0.3) is 0 Å². The molecule has 0 atom stereocenters. The fourth-order valence-electron chi connectivity index (χ4n) is 4.26. The summed E-state index contributed by atoms with van der Waals surface area (Å²) in [5.41, 5.74) is 1.76. The van der Waals surface area contributed by atoms with Gasteiger partial charge < -0.3 is 4.90 Å². The lowest BCUT2D eigenvalue weighted by Crippen LogP contribution is -2.32. The number of anilines is 2. The smallest absolute Gasteiger partial charge is 0.293 e. The lowest BCUT2D eigenvalue weighted by atomic mass is 9.99. The number of aromatic nitrogens is 1. The Hall–Kier alpha value is -2.52. The molecule has 0 saturated carbocycles. The van der Waals surface area contributed by atoms with Gasteiger partial charge in [-0.05, 0) is 63.7 Å². The lowest BCUT2D eigenvalue weighted by Gasteiger charge is -2.29. The van der Waals surface area contributed by atoms with Crippen LogP contribution in [0.15, 0.2) is 18.2 Å². The zero-order valence-corrected chi connectivity index (χ0v) is 18.9. The maximum atomic E-state index is 12.8.